The molecule has 0 aliphatic heterocycles. The first-order valence-corrected chi connectivity index (χ1v) is 4.21. The van der Waals surface area contributed by atoms with Crippen LogP contribution in [-0.2, 0) is 5.54 Å². The van der Waals surface area contributed by atoms with E-state index < -0.39 is 0 Å². The molecule has 0 atom stereocenters. The lowest BCUT2D eigenvalue weighted by atomic mass is 9.99. The fraction of sp³-hybridized carbons (Fsp3) is 0.400. The quantitative estimate of drug-likeness (QED) is 0.661. The van der Waals surface area contributed by atoms with E-state index in [0.717, 1.165) is 24.0 Å². The maximum Gasteiger partial charge on any atom is 0.120 e. The van der Waals surface area contributed by atoms with E-state index in [1.807, 2.05) is 19.1 Å². The van der Waals surface area contributed by atoms with Crippen LogP contribution in [0, 0.1) is 6.92 Å². The standard InChI is InChI=1S/C10H13NO/c1-7-3-2-4-8(12)9(7)10(11)5-6-10/h2-4,12H,5-6,11H2,1H3. The maximum atomic E-state index is 9.59. The molecule has 1 fully saturated rings. The Bertz CT molecular complexity index is 295. The minimum atomic E-state index is -0.227. The lowest BCUT2D eigenvalue weighted by Gasteiger charge is -2.13. The minimum absolute atomic E-state index is 0.227. The first kappa shape index (κ1) is 7.62. The normalized spacial score (nSPS) is 19.2. The van der Waals surface area contributed by atoms with E-state index in [2.05, 4.69) is 0 Å². The zero-order valence-electron chi connectivity index (χ0n) is 7.17. The Balaban J connectivity index is 2.55. The summed E-state index contributed by atoms with van der Waals surface area (Å²) in [5, 5.41) is 9.59. The van der Waals surface area contributed by atoms with Crippen molar-refractivity contribution in [2.45, 2.75) is 25.3 Å². The molecular formula is C10H13NO. The summed E-state index contributed by atoms with van der Waals surface area (Å²) in [7, 11) is 0. The molecule has 0 aromatic heterocycles. The molecule has 0 heterocycles. The number of aromatic hydroxyl groups is 1. The van der Waals surface area contributed by atoms with Gasteiger partial charge in [0.15, 0.2) is 0 Å². The van der Waals surface area contributed by atoms with Crippen molar-refractivity contribution in [2.75, 3.05) is 0 Å². The lowest BCUT2D eigenvalue weighted by molar-refractivity contribution is 0.459. The van der Waals surface area contributed by atoms with E-state index in [9.17, 15) is 5.11 Å². The number of phenols is 1. The van der Waals surface area contributed by atoms with Crippen molar-refractivity contribution in [3.63, 3.8) is 0 Å². The molecule has 1 saturated carbocycles. The van der Waals surface area contributed by atoms with Crippen LogP contribution in [0.4, 0.5) is 0 Å². The Morgan fingerprint density at radius 3 is 2.58 bits per heavy atom. The third-order valence-electron chi connectivity index (χ3n) is 2.54. The highest BCUT2D eigenvalue weighted by molar-refractivity contribution is 5.46. The van der Waals surface area contributed by atoms with Crippen molar-refractivity contribution < 1.29 is 5.11 Å². The molecule has 3 N–H and O–H groups in total. The van der Waals surface area contributed by atoms with Crippen LogP contribution in [0.3, 0.4) is 0 Å². The van der Waals surface area contributed by atoms with Crippen LogP contribution in [0.15, 0.2) is 18.2 Å². The molecule has 2 heteroatoms. The van der Waals surface area contributed by atoms with Gasteiger partial charge in [0, 0.05) is 11.1 Å². The van der Waals surface area contributed by atoms with Gasteiger partial charge in [-0.1, -0.05) is 12.1 Å². The Hall–Kier alpha value is -1.02. The molecule has 1 aromatic carbocycles. The predicted molar refractivity (Wildman–Crippen MR) is 47.9 cm³/mol. The molecule has 0 spiro atoms. The summed E-state index contributed by atoms with van der Waals surface area (Å²) in [6, 6.07) is 5.54. The maximum absolute atomic E-state index is 9.59. The third kappa shape index (κ3) is 0.994. The minimum Gasteiger partial charge on any atom is -0.508 e. The second-order valence-electron chi connectivity index (χ2n) is 3.63. The number of hydrogen-bond donors (Lipinski definition) is 2. The van der Waals surface area contributed by atoms with Crippen LogP contribution >= 0.6 is 0 Å². The van der Waals surface area contributed by atoms with E-state index in [-0.39, 0.29) is 5.54 Å². The summed E-state index contributed by atoms with van der Waals surface area (Å²) in [4.78, 5) is 0. The molecule has 0 bridgehead atoms. The molecule has 1 aliphatic rings. The summed E-state index contributed by atoms with van der Waals surface area (Å²) in [6.07, 6.45) is 1.98. The van der Waals surface area contributed by atoms with Gasteiger partial charge in [0.1, 0.15) is 5.75 Å². The summed E-state index contributed by atoms with van der Waals surface area (Å²) in [6.45, 7) is 1.99. The molecule has 0 saturated heterocycles. The molecule has 1 aromatic rings. The average molecular weight is 163 g/mol. The number of benzene rings is 1. The Kier molecular flexibility index (Phi) is 1.42. The Labute approximate surface area is 72.0 Å². The second kappa shape index (κ2) is 2.23. The monoisotopic (exact) mass is 163 g/mol. The number of aryl methyl sites for hydroxylation is 1. The van der Waals surface area contributed by atoms with E-state index in [1.165, 1.54) is 0 Å². The van der Waals surface area contributed by atoms with Crippen LogP contribution in [0.25, 0.3) is 0 Å². The summed E-state index contributed by atoms with van der Waals surface area (Å²) >= 11 is 0. The van der Waals surface area contributed by atoms with Gasteiger partial charge in [-0.05, 0) is 31.4 Å². The average Bonchev–Trinajstić information content (AvgIpc) is 2.68. The molecule has 0 radical (unpaired) electrons. The topological polar surface area (TPSA) is 46.2 Å². The highest BCUT2D eigenvalue weighted by Crippen LogP contribution is 2.47. The smallest absolute Gasteiger partial charge is 0.120 e. The van der Waals surface area contributed by atoms with Crippen LogP contribution in [0.5, 0.6) is 5.75 Å². The fourth-order valence-corrected chi connectivity index (χ4v) is 1.68. The van der Waals surface area contributed by atoms with Crippen LogP contribution in [0.1, 0.15) is 24.0 Å². The van der Waals surface area contributed by atoms with Gasteiger partial charge < -0.3 is 10.8 Å². The molecule has 2 rings (SSSR count). The van der Waals surface area contributed by atoms with Gasteiger partial charge in [0.2, 0.25) is 0 Å². The van der Waals surface area contributed by atoms with E-state index in [0.29, 0.717) is 5.75 Å². The van der Waals surface area contributed by atoms with Gasteiger partial charge >= 0.3 is 0 Å². The van der Waals surface area contributed by atoms with Crippen molar-refractivity contribution in [2.24, 2.45) is 5.73 Å². The highest BCUT2D eigenvalue weighted by atomic mass is 16.3. The zero-order chi connectivity index (χ0) is 8.77. The molecule has 64 valence electrons. The Morgan fingerprint density at radius 1 is 1.42 bits per heavy atom. The van der Waals surface area contributed by atoms with Crippen LogP contribution in [-0.4, -0.2) is 5.11 Å². The lowest BCUT2D eigenvalue weighted by Crippen LogP contribution is -2.20. The predicted octanol–water partition coefficient (Wildman–Crippen LogP) is 1.65. The molecule has 12 heavy (non-hydrogen) atoms. The van der Waals surface area contributed by atoms with Gasteiger partial charge in [-0.15, -0.1) is 0 Å². The Morgan fingerprint density at radius 2 is 2.08 bits per heavy atom. The fourth-order valence-electron chi connectivity index (χ4n) is 1.68. The van der Waals surface area contributed by atoms with Gasteiger partial charge in [-0.3, -0.25) is 0 Å². The number of nitrogens with two attached hydrogens (primary N) is 1. The van der Waals surface area contributed by atoms with Gasteiger partial charge in [-0.25, -0.2) is 0 Å². The van der Waals surface area contributed by atoms with Crippen molar-refractivity contribution in [1.82, 2.24) is 0 Å². The largest absolute Gasteiger partial charge is 0.508 e. The van der Waals surface area contributed by atoms with Crippen molar-refractivity contribution in [1.29, 1.82) is 0 Å². The van der Waals surface area contributed by atoms with Crippen LogP contribution in [0.2, 0.25) is 0 Å². The third-order valence-corrected chi connectivity index (χ3v) is 2.54. The first-order valence-electron chi connectivity index (χ1n) is 4.21. The van der Waals surface area contributed by atoms with E-state index >= 15 is 0 Å². The molecule has 1 aliphatic carbocycles. The van der Waals surface area contributed by atoms with Gasteiger partial charge in [0.25, 0.3) is 0 Å². The number of rotatable bonds is 1. The zero-order valence-corrected chi connectivity index (χ0v) is 7.17. The summed E-state index contributed by atoms with van der Waals surface area (Å²) in [5.41, 5.74) is 7.81. The molecule has 0 unspecified atom stereocenters. The number of phenolic OH excluding ortho intramolecular Hbond substituents is 1. The summed E-state index contributed by atoms with van der Waals surface area (Å²) in [5.74, 6) is 0.343. The summed E-state index contributed by atoms with van der Waals surface area (Å²) < 4.78 is 0. The van der Waals surface area contributed by atoms with Crippen molar-refractivity contribution in [3.05, 3.63) is 29.3 Å². The molecular weight excluding hydrogens is 150 g/mol. The SMILES string of the molecule is Cc1cccc(O)c1C1(N)CC1. The number of hydrogen-bond acceptors (Lipinski definition) is 2. The highest BCUT2D eigenvalue weighted by Gasteiger charge is 2.42. The van der Waals surface area contributed by atoms with Crippen molar-refractivity contribution in [3.8, 4) is 5.75 Å². The van der Waals surface area contributed by atoms with Crippen molar-refractivity contribution >= 4 is 0 Å². The van der Waals surface area contributed by atoms with E-state index in [4.69, 9.17) is 5.73 Å². The second-order valence-corrected chi connectivity index (χ2v) is 3.63. The molecule has 0 amide bonds. The van der Waals surface area contributed by atoms with E-state index in [1.54, 1.807) is 6.07 Å². The first-order chi connectivity index (χ1) is 5.63. The van der Waals surface area contributed by atoms with Gasteiger partial charge in [0.05, 0.1) is 0 Å². The van der Waals surface area contributed by atoms with Crippen LogP contribution < -0.4 is 5.73 Å². The molecule has 2 nitrogen and oxygen atoms in total. The van der Waals surface area contributed by atoms with Gasteiger partial charge in [-0.2, -0.15) is 0 Å².